The predicted octanol–water partition coefficient (Wildman–Crippen LogP) is 1.41. The minimum Gasteiger partial charge on any atom is -0.478 e. The van der Waals surface area contributed by atoms with E-state index in [2.05, 4.69) is 10.3 Å². The third-order valence-corrected chi connectivity index (χ3v) is 2.79. The van der Waals surface area contributed by atoms with Gasteiger partial charge in [0.05, 0.1) is 11.9 Å². The molecule has 2 N–H and O–H groups in total. The highest BCUT2D eigenvalue weighted by molar-refractivity contribution is 5.92. The summed E-state index contributed by atoms with van der Waals surface area (Å²) in [5.41, 5.74) is 0.859. The molecule has 0 bridgehead atoms. The van der Waals surface area contributed by atoms with Crippen molar-refractivity contribution in [1.29, 1.82) is 0 Å². The number of nitrogens with zero attached hydrogens (tertiary/aromatic N) is 2. The molecule has 2 aromatic rings. The fraction of sp³-hybridized carbons (Fsp3) is 0.133. The van der Waals surface area contributed by atoms with Crippen LogP contribution in [0.15, 0.2) is 49.1 Å². The van der Waals surface area contributed by atoms with Gasteiger partial charge in [-0.3, -0.25) is 4.79 Å². The Bertz CT molecular complexity index is 648. The van der Waals surface area contributed by atoms with Crippen LogP contribution in [0.4, 0.5) is 0 Å². The first-order valence-corrected chi connectivity index (χ1v) is 6.40. The summed E-state index contributed by atoms with van der Waals surface area (Å²) in [5, 5.41) is 11.6. The van der Waals surface area contributed by atoms with E-state index in [4.69, 9.17) is 5.11 Å². The van der Waals surface area contributed by atoms with Crippen LogP contribution in [0.3, 0.4) is 0 Å². The van der Waals surface area contributed by atoms with Crippen LogP contribution in [0.5, 0.6) is 0 Å². The smallest absolute Gasteiger partial charge is 0.335 e. The summed E-state index contributed by atoms with van der Waals surface area (Å²) in [7, 11) is 0. The van der Waals surface area contributed by atoms with E-state index in [0.29, 0.717) is 18.7 Å². The first kappa shape index (κ1) is 14.5. The van der Waals surface area contributed by atoms with Crippen molar-refractivity contribution in [2.75, 3.05) is 6.54 Å². The quantitative estimate of drug-likeness (QED) is 0.786. The molecule has 6 heteroatoms. The summed E-state index contributed by atoms with van der Waals surface area (Å²) in [6.07, 6.45) is 8.14. The number of hydrogen-bond donors (Lipinski definition) is 2. The molecule has 1 aromatic heterocycles. The average Bonchev–Trinajstić information content (AvgIpc) is 2.99. The number of hydrogen-bond acceptors (Lipinski definition) is 3. The Labute approximate surface area is 121 Å². The van der Waals surface area contributed by atoms with Crippen LogP contribution in [0.25, 0.3) is 6.08 Å². The first-order valence-electron chi connectivity index (χ1n) is 6.40. The van der Waals surface area contributed by atoms with Gasteiger partial charge in [0, 0.05) is 31.6 Å². The highest BCUT2D eigenvalue weighted by atomic mass is 16.4. The lowest BCUT2D eigenvalue weighted by atomic mass is 10.1. The minimum absolute atomic E-state index is 0.192. The second kappa shape index (κ2) is 7.04. The highest BCUT2D eigenvalue weighted by Gasteiger charge is 2.01. The van der Waals surface area contributed by atoms with Gasteiger partial charge in [0.1, 0.15) is 0 Å². The van der Waals surface area contributed by atoms with Crippen molar-refractivity contribution in [3.05, 3.63) is 60.2 Å². The third-order valence-electron chi connectivity index (χ3n) is 2.79. The summed E-state index contributed by atoms with van der Waals surface area (Å²) in [6, 6.07) is 6.39. The van der Waals surface area contributed by atoms with Crippen molar-refractivity contribution in [1.82, 2.24) is 14.9 Å². The maximum Gasteiger partial charge on any atom is 0.335 e. The molecule has 2 rings (SSSR count). The van der Waals surface area contributed by atoms with Crippen molar-refractivity contribution in [3.8, 4) is 0 Å². The number of nitrogens with one attached hydrogen (secondary N) is 1. The van der Waals surface area contributed by atoms with Crippen molar-refractivity contribution in [2.45, 2.75) is 6.54 Å². The molecule has 1 aromatic carbocycles. The third kappa shape index (κ3) is 4.61. The molecule has 0 saturated heterocycles. The van der Waals surface area contributed by atoms with E-state index in [0.717, 1.165) is 0 Å². The van der Waals surface area contributed by atoms with Crippen molar-refractivity contribution < 1.29 is 14.7 Å². The summed E-state index contributed by atoms with van der Waals surface area (Å²) in [5.74, 6) is -1.22. The number of aromatic carboxylic acids is 1. The molecule has 1 heterocycles. The van der Waals surface area contributed by atoms with E-state index in [1.807, 2.05) is 10.8 Å². The number of carbonyl (C=O) groups is 2. The van der Waals surface area contributed by atoms with Crippen LogP contribution in [-0.2, 0) is 11.3 Å². The molecule has 108 valence electrons. The van der Waals surface area contributed by atoms with Crippen molar-refractivity contribution in [2.24, 2.45) is 0 Å². The molecule has 0 saturated carbocycles. The largest absolute Gasteiger partial charge is 0.478 e. The molecule has 0 radical (unpaired) electrons. The van der Waals surface area contributed by atoms with Crippen LogP contribution in [0.1, 0.15) is 15.9 Å². The maximum atomic E-state index is 11.6. The van der Waals surface area contributed by atoms with Crippen LogP contribution in [0.2, 0.25) is 0 Å². The molecule has 0 unspecified atom stereocenters. The zero-order chi connectivity index (χ0) is 15.1. The number of imidazole rings is 1. The molecule has 0 atom stereocenters. The van der Waals surface area contributed by atoms with Gasteiger partial charge in [-0.05, 0) is 23.8 Å². The number of rotatable bonds is 6. The fourth-order valence-corrected chi connectivity index (χ4v) is 1.73. The number of benzene rings is 1. The molecule has 6 nitrogen and oxygen atoms in total. The van der Waals surface area contributed by atoms with Crippen LogP contribution >= 0.6 is 0 Å². The molecule has 0 aliphatic heterocycles. The number of carboxylic acid groups (broad SMARTS) is 1. The second-order valence-corrected chi connectivity index (χ2v) is 4.36. The van der Waals surface area contributed by atoms with Crippen LogP contribution in [0, 0.1) is 0 Å². The van der Waals surface area contributed by atoms with Gasteiger partial charge in [-0.2, -0.15) is 0 Å². The van der Waals surface area contributed by atoms with Crippen molar-refractivity contribution >= 4 is 18.0 Å². The van der Waals surface area contributed by atoms with Gasteiger partial charge in [-0.1, -0.05) is 12.1 Å². The van der Waals surface area contributed by atoms with Gasteiger partial charge in [0.2, 0.25) is 5.91 Å². The molecule has 0 aliphatic carbocycles. The first-order chi connectivity index (χ1) is 10.1. The predicted molar refractivity (Wildman–Crippen MR) is 77.7 cm³/mol. The van der Waals surface area contributed by atoms with Gasteiger partial charge in [0.25, 0.3) is 0 Å². The number of carboxylic acids is 1. The second-order valence-electron chi connectivity index (χ2n) is 4.36. The number of amides is 1. The lowest BCUT2D eigenvalue weighted by Gasteiger charge is -2.03. The number of carbonyl (C=O) groups excluding carboxylic acids is 1. The molecule has 0 spiro atoms. The average molecular weight is 285 g/mol. The molecule has 21 heavy (non-hydrogen) atoms. The van der Waals surface area contributed by atoms with E-state index in [-0.39, 0.29) is 11.5 Å². The Morgan fingerprint density at radius 3 is 2.95 bits per heavy atom. The van der Waals surface area contributed by atoms with E-state index in [1.165, 1.54) is 18.2 Å². The standard InChI is InChI=1S/C15H15N3O3/c19-14(17-7-9-18-8-6-16-11-18)5-4-12-2-1-3-13(10-12)15(20)21/h1-6,8,10-11H,7,9H2,(H,17,19)(H,20,21). The summed E-state index contributed by atoms with van der Waals surface area (Å²) >= 11 is 0. The van der Waals surface area contributed by atoms with E-state index >= 15 is 0 Å². The summed E-state index contributed by atoms with van der Waals surface area (Å²) < 4.78 is 1.86. The zero-order valence-corrected chi connectivity index (χ0v) is 11.3. The Kier molecular flexibility index (Phi) is 4.87. The van der Waals surface area contributed by atoms with Crippen LogP contribution in [-0.4, -0.2) is 33.1 Å². The lowest BCUT2D eigenvalue weighted by molar-refractivity contribution is -0.116. The van der Waals surface area contributed by atoms with Crippen LogP contribution < -0.4 is 5.32 Å². The molecule has 1 amide bonds. The molecule has 0 fully saturated rings. The fourth-order valence-electron chi connectivity index (χ4n) is 1.73. The lowest BCUT2D eigenvalue weighted by Crippen LogP contribution is -2.25. The van der Waals surface area contributed by atoms with Gasteiger partial charge < -0.3 is 15.0 Å². The Balaban J connectivity index is 1.84. The van der Waals surface area contributed by atoms with Gasteiger partial charge in [0.15, 0.2) is 0 Å². The summed E-state index contributed by atoms with van der Waals surface area (Å²) in [4.78, 5) is 26.4. The van der Waals surface area contributed by atoms with Gasteiger partial charge in [-0.25, -0.2) is 9.78 Å². The molecular weight excluding hydrogens is 270 g/mol. The van der Waals surface area contributed by atoms with Gasteiger partial charge in [-0.15, -0.1) is 0 Å². The SMILES string of the molecule is O=C(C=Cc1cccc(C(=O)O)c1)NCCn1ccnc1. The van der Waals surface area contributed by atoms with E-state index < -0.39 is 5.97 Å². The topological polar surface area (TPSA) is 84.2 Å². The van der Waals surface area contributed by atoms with E-state index in [9.17, 15) is 9.59 Å². The minimum atomic E-state index is -0.991. The summed E-state index contributed by atoms with van der Waals surface area (Å²) in [6.45, 7) is 1.14. The zero-order valence-electron chi connectivity index (χ0n) is 11.3. The monoisotopic (exact) mass is 285 g/mol. The number of aromatic nitrogens is 2. The molecular formula is C15H15N3O3. The normalized spacial score (nSPS) is 10.7. The highest BCUT2D eigenvalue weighted by Crippen LogP contribution is 2.07. The Morgan fingerprint density at radius 1 is 1.38 bits per heavy atom. The molecule has 0 aliphatic rings. The maximum absolute atomic E-state index is 11.6. The Morgan fingerprint density at radius 2 is 2.24 bits per heavy atom. The van der Waals surface area contributed by atoms with E-state index in [1.54, 1.807) is 30.7 Å². The van der Waals surface area contributed by atoms with Crippen molar-refractivity contribution in [3.63, 3.8) is 0 Å². The van der Waals surface area contributed by atoms with Gasteiger partial charge >= 0.3 is 5.97 Å². The Hall–Kier alpha value is -2.89.